The first-order valence-corrected chi connectivity index (χ1v) is 7.29. The molecule has 1 atom stereocenters. The van der Waals surface area contributed by atoms with Crippen LogP contribution in [0, 0.1) is 11.3 Å². The Morgan fingerprint density at radius 1 is 1.42 bits per heavy atom. The molecule has 0 bridgehead atoms. The van der Waals surface area contributed by atoms with Crippen LogP contribution in [0.4, 0.5) is 0 Å². The smallest absolute Gasteiger partial charge is 0.227 e. The van der Waals surface area contributed by atoms with Crippen LogP contribution in [0.2, 0.25) is 0 Å². The maximum absolute atomic E-state index is 12.2. The van der Waals surface area contributed by atoms with E-state index < -0.39 is 0 Å². The van der Waals surface area contributed by atoms with Crippen molar-refractivity contribution in [2.75, 3.05) is 39.8 Å². The number of likely N-dealkylation sites (N-methyl/N-ethyl adjacent to an activating group) is 1. The fourth-order valence-electron chi connectivity index (χ4n) is 2.53. The molecule has 1 amide bonds. The van der Waals surface area contributed by atoms with Crippen LogP contribution in [0.3, 0.4) is 0 Å². The van der Waals surface area contributed by atoms with E-state index in [2.05, 4.69) is 18.7 Å². The van der Waals surface area contributed by atoms with Crippen molar-refractivity contribution in [2.45, 2.75) is 40.7 Å². The van der Waals surface area contributed by atoms with Gasteiger partial charge in [-0.05, 0) is 5.92 Å². The Kier molecular flexibility index (Phi) is 5.81. The minimum absolute atomic E-state index is 0.142. The molecular formula is C15H30N2O2. The number of hydrogen-bond donors (Lipinski definition) is 0. The highest BCUT2D eigenvalue weighted by Crippen LogP contribution is 2.17. The second-order valence-corrected chi connectivity index (χ2v) is 7.08. The van der Waals surface area contributed by atoms with Crippen LogP contribution in [0.5, 0.6) is 0 Å². The fourth-order valence-corrected chi connectivity index (χ4v) is 2.53. The summed E-state index contributed by atoms with van der Waals surface area (Å²) in [4.78, 5) is 16.4. The maximum Gasteiger partial charge on any atom is 0.227 e. The summed E-state index contributed by atoms with van der Waals surface area (Å²) in [5, 5.41) is 0. The zero-order chi connectivity index (χ0) is 14.6. The van der Waals surface area contributed by atoms with Crippen molar-refractivity contribution >= 4 is 5.91 Å². The number of morpholine rings is 1. The van der Waals surface area contributed by atoms with E-state index in [1.54, 1.807) is 0 Å². The number of carbonyl (C=O) groups is 1. The van der Waals surface area contributed by atoms with Gasteiger partial charge in [-0.15, -0.1) is 0 Å². The summed E-state index contributed by atoms with van der Waals surface area (Å²) in [6.07, 6.45) is 0.142. The maximum atomic E-state index is 12.2. The second-order valence-electron chi connectivity index (χ2n) is 7.08. The van der Waals surface area contributed by atoms with Crippen LogP contribution >= 0.6 is 0 Å². The summed E-state index contributed by atoms with van der Waals surface area (Å²) < 4.78 is 5.79. The molecule has 0 aromatic heterocycles. The van der Waals surface area contributed by atoms with Crippen molar-refractivity contribution in [3.05, 3.63) is 0 Å². The van der Waals surface area contributed by atoms with E-state index in [4.69, 9.17) is 4.74 Å². The molecule has 0 aliphatic carbocycles. The third-order valence-electron chi connectivity index (χ3n) is 3.31. The molecule has 19 heavy (non-hydrogen) atoms. The molecule has 1 heterocycles. The molecule has 1 aliphatic heterocycles. The Hall–Kier alpha value is -0.610. The molecule has 0 aromatic rings. The predicted octanol–water partition coefficient (Wildman–Crippen LogP) is 1.85. The second kappa shape index (κ2) is 6.71. The monoisotopic (exact) mass is 270 g/mol. The highest BCUT2D eigenvalue weighted by atomic mass is 16.5. The quantitative estimate of drug-likeness (QED) is 0.781. The van der Waals surface area contributed by atoms with Gasteiger partial charge in [0.15, 0.2) is 0 Å². The topological polar surface area (TPSA) is 32.8 Å². The predicted molar refractivity (Wildman–Crippen MR) is 78.1 cm³/mol. The molecular weight excluding hydrogens is 240 g/mol. The van der Waals surface area contributed by atoms with Gasteiger partial charge in [-0.2, -0.15) is 0 Å². The van der Waals surface area contributed by atoms with E-state index >= 15 is 0 Å². The van der Waals surface area contributed by atoms with Crippen LogP contribution in [0.15, 0.2) is 0 Å². The summed E-state index contributed by atoms with van der Waals surface area (Å²) in [5.74, 6) is 0.852. The molecule has 0 unspecified atom stereocenters. The molecule has 4 nitrogen and oxygen atoms in total. The van der Waals surface area contributed by atoms with Gasteiger partial charge in [-0.1, -0.05) is 34.6 Å². The lowest BCUT2D eigenvalue weighted by atomic mass is 9.95. The van der Waals surface area contributed by atoms with Gasteiger partial charge < -0.3 is 9.64 Å². The van der Waals surface area contributed by atoms with Crippen molar-refractivity contribution in [3.63, 3.8) is 0 Å². The Morgan fingerprint density at radius 2 is 2.05 bits per heavy atom. The van der Waals surface area contributed by atoms with Gasteiger partial charge in [-0.25, -0.2) is 0 Å². The third-order valence-corrected chi connectivity index (χ3v) is 3.31. The van der Waals surface area contributed by atoms with Gasteiger partial charge >= 0.3 is 0 Å². The Balaban J connectivity index is 2.46. The summed E-state index contributed by atoms with van der Waals surface area (Å²) in [5.41, 5.74) is -0.318. The van der Waals surface area contributed by atoms with Crippen LogP contribution in [-0.2, 0) is 9.53 Å². The normalized spacial score (nSPS) is 21.7. The highest BCUT2D eigenvalue weighted by molar-refractivity contribution is 5.81. The van der Waals surface area contributed by atoms with E-state index in [1.807, 2.05) is 32.7 Å². The molecule has 0 aromatic carbocycles. The van der Waals surface area contributed by atoms with Gasteiger partial charge in [0.05, 0.1) is 12.7 Å². The average Bonchev–Trinajstić information content (AvgIpc) is 2.26. The summed E-state index contributed by atoms with van der Waals surface area (Å²) in [6.45, 7) is 14.8. The van der Waals surface area contributed by atoms with Gasteiger partial charge in [0.25, 0.3) is 0 Å². The minimum Gasteiger partial charge on any atom is -0.374 e. The molecule has 1 aliphatic rings. The average molecular weight is 270 g/mol. The molecule has 0 radical (unpaired) electrons. The zero-order valence-corrected chi connectivity index (χ0v) is 13.4. The van der Waals surface area contributed by atoms with Crippen molar-refractivity contribution in [2.24, 2.45) is 11.3 Å². The van der Waals surface area contributed by atoms with Gasteiger partial charge in [0.2, 0.25) is 5.91 Å². The first kappa shape index (κ1) is 16.4. The number of amides is 1. The molecule has 0 N–H and O–H groups in total. The molecule has 4 heteroatoms. The molecule has 1 rings (SSSR count). The van der Waals surface area contributed by atoms with Crippen LogP contribution in [0.1, 0.15) is 34.6 Å². The standard InChI is InChI=1S/C15H30N2O2/c1-12(2)9-17-7-8-19-13(11-17)10-16(6)14(18)15(3,4)5/h12-13H,7-11H2,1-6H3/t13-/m0/s1. The van der Waals surface area contributed by atoms with Crippen molar-refractivity contribution in [3.8, 4) is 0 Å². The number of carbonyl (C=O) groups excluding carboxylic acids is 1. The van der Waals surface area contributed by atoms with Gasteiger partial charge in [-0.3, -0.25) is 9.69 Å². The fraction of sp³-hybridized carbons (Fsp3) is 0.933. The first-order valence-electron chi connectivity index (χ1n) is 7.29. The first-order chi connectivity index (χ1) is 8.70. The zero-order valence-electron chi connectivity index (χ0n) is 13.4. The molecule has 1 fully saturated rings. The number of hydrogen-bond acceptors (Lipinski definition) is 3. The van der Waals surface area contributed by atoms with E-state index in [9.17, 15) is 4.79 Å². The Labute approximate surface area is 118 Å². The number of rotatable bonds is 4. The molecule has 0 saturated carbocycles. The highest BCUT2D eigenvalue weighted by Gasteiger charge is 2.28. The summed E-state index contributed by atoms with van der Waals surface area (Å²) in [6, 6.07) is 0. The lowest BCUT2D eigenvalue weighted by Crippen LogP contribution is -2.50. The van der Waals surface area contributed by atoms with E-state index in [0.29, 0.717) is 12.5 Å². The molecule has 1 saturated heterocycles. The van der Waals surface area contributed by atoms with Crippen molar-refractivity contribution < 1.29 is 9.53 Å². The summed E-state index contributed by atoms with van der Waals surface area (Å²) >= 11 is 0. The lowest BCUT2D eigenvalue weighted by Gasteiger charge is -2.36. The largest absolute Gasteiger partial charge is 0.374 e. The van der Waals surface area contributed by atoms with Crippen molar-refractivity contribution in [1.82, 2.24) is 9.80 Å². The van der Waals surface area contributed by atoms with Crippen LogP contribution in [0.25, 0.3) is 0 Å². The van der Waals surface area contributed by atoms with E-state index in [1.165, 1.54) is 0 Å². The summed E-state index contributed by atoms with van der Waals surface area (Å²) in [7, 11) is 1.87. The lowest BCUT2D eigenvalue weighted by molar-refractivity contribution is -0.141. The van der Waals surface area contributed by atoms with Gasteiger partial charge in [0.1, 0.15) is 0 Å². The SMILES string of the molecule is CC(C)CN1CCO[C@@H](CN(C)C(=O)C(C)(C)C)C1. The van der Waals surface area contributed by atoms with E-state index in [0.717, 1.165) is 26.2 Å². The van der Waals surface area contributed by atoms with Gasteiger partial charge in [0, 0.05) is 38.6 Å². The molecule has 112 valence electrons. The van der Waals surface area contributed by atoms with E-state index in [-0.39, 0.29) is 17.4 Å². The third kappa shape index (κ3) is 5.49. The van der Waals surface area contributed by atoms with Crippen LogP contribution in [-0.4, -0.2) is 61.6 Å². The van der Waals surface area contributed by atoms with Crippen molar-refractivity contribution in [1.29, 1.82) is 0 Å². The Morgan fingerprint density at radius 3 is 2.58 bits per heavy atom. The Bertz CT molecular complexity index is 297. The van der Waals surface area contributed by atoms with Crippen LogP contribution < -0.4 is 0 Å². The molecule has 0 spiro atoms. The minimum atomic E-state index is -0.318. The number of nitrogens with zero attached hydrogens (tertiary/aromatic N) is 2. The number of ether oxygens (including phenoxy) is 1.